The minimum Gasteiger partial charge on any atom is -0.381 e. The minimum absolute atomic E-state index is 0.483. The highest BCUT2D eigenvalue weighted by Gasteiger charge is 2.43. The second-order valence-corrected chi connectivity index (χ2v) is 5.66. The highest BCUT2D eigenvalue weighted by molar-refractivity contribution is 4.98. The Morgan fingerprint density at radius 2 is 2.28 bits per heavy atom. The van der Waals surface area contributed by atoms with E-state index in [0.29, 0.717) is 11.5 Å². The van der Waals surface area contributed by atoms with E-state index in [1.54, 1.807) is 6.33 Å². The summed E-state index contributed by atoms with van der Waals surface area (Å²) in [6, 6.07) is 0.623. The standard InChI is InChI=1S/C13H22N4O/c1-17-10-15-16-12(17)9-14-11-3-2-4-13(11)5-7-18-8-6-13/h10-11,14H,2-9H2,1H3. The molecular formula is C13H22N4O. The molecule has 1 atom stereocenters. The number of hydrogen-bond acceptors (Lipinski definition) is 4. The third-order valence-electron chi connectivity index (χ3n) is 4.71. The normalized spacial score (nSPS) is 26.8. The summed E-state index contributed by atoms with van der Waals surface area (Å²) >= 11 is 0. The molecule has 0 radical (unpaired) electrons. The lowest BCUT2D eigenvalue weighted by atomic mass is 9.75. The van der Waals surface area contributed by atoms with Crippen LogP contribution in [0, 0.1) is 5.41 Å². The first-order valence-electron chi connectivity index (χ1n) is 6.94. The van der Waals surface area contributed by atoms with Crippen molar-refractivity contribution in [2.24, 2.45) is 12.5 Å². The quantitative estimate of drug-likeness (QED) is 0.877. The fourth-order valence-corrected chi connectivity index (χ4v) is 3.52. The molecule has 1 unspecified atom stereocenters. The van der Waals surface area contributed by atoms with E-state index in [1.807, 2.05) is 11.6 Å². The molecule has 1 spiro atoms. The molecule has 1 aliphatic carbocycles. The van der Waals surface area contributed by atoms with Gasteiger partial charge in [0.15, 0.2) is 0 Å². The van der Waals surface area contributed by atoms with E-state index in [1.165, 1.54) is 32.1 Å². The lowest BCUT2D eigenvalue weighted by molar-refractivity contribution is 0.00401. The summed E-state index contributed by atoms with van der Waals surface area (Å²) in [6.07, 6.45) is 8.17. The van der Waals surface area contributed by atoms with Crippen molar-refractivity contribution in [3.63, 3.8) is 0 Å². The number of rotatable bonds is 3. The number of nitrogens with one attached hydrogen (secondary N) is 1. The predicted molar refractivity (Wildman–Crippen MR) is 68.0 cm³/mol. The summed E-state index contributed by atoms with van der Waals surface area (Å²) in [6.45, 7) is 2.69. The fraction of sp³-hybridized carbons (Fsp3) is 0.846. The van der Waals surface area contributed by atoms with E-state index in [0.717, 1.165) is 25.6 Å². The van der Waals surface area contributed by atoms with Gasteiger partial charge in [-0.1, -0.05) is 6.42 Å². The average Bonchev–Trinajstić information content (AvgIpc) is 2.95. The summed E-state index contributed by atoms with van der Waals surface area (Å²) in [5.74, 6) is 1.02. The van der Waals surface area contributed by atoms with E-state index < -0.39 is 0 Å². The van der Waals surface area contributed by atoms with Crippen LogP contribution in [0.4, 0.5) is 0 Å². The lowest BCUT2D eigenvalue weighted by Crippen LogP contribution is -2.44. The molecule has 2 aliphatic rings. The summed E-state index contributed by atoms with van der Waals surface area (Å²) in [5.41, 5.74) is 0.483. The van der Waals surface area contributed by atoms with Crippen LogP contribution in [-0.4, -0.2) is 34.0 Å². The van der Waals surface area contributed by atoms with Crippen molar-refractivity contribution in [1.82, 2.24) is 20.1 Å². The van der Waals surface area contributed by atoms with Crippen LogP contribution in [0.1, 0.15) is 37.9 Å². The van der Waals surface area contributed by atoms with E-state index in [9.17, 15) is 0 Å². The maximum atomic E-state index is 5.52. The van der Waals surface area contributed by atoms with Gasteiger partial charge in [0.2, 0.25) is 0 Å². The zero-order chi connectivity index (χ0) is 12.4. The summed E-state index contributed by atoms with van der Waals surface area (Å²) in [5, 5.41) is 11.8. The Hall–Kier alpha value is -0.940. The Balaban J connectivity index is 1.63. The molecule has 100 valence electrons. The fourth-order valence-electron chi connectivity index (χ4n) is 3.52. The molecule has 3 rings (SSSR count). The maximum Gasteiger partial charge on any atom is 0.146 e. The molecule has 0 aromatic carbocycles. The van der Waals surface area contributed by atoms with E-state index in [2.05, 4.69) is 15.5 Å². The molecule has 1 aliphatic heterocycles. The summed E-state index contributed by atoms with van der Waals surface area (Å²) in [7, 11) is 2.00. The third kappa shape index (κ3) is 2.17. The third-order valence-corrected chi connectivity index (χ3v) is 4.71. The number of aromatic nitrogens is 3. The Morgan fingerprint density at radius 1 is 1.44 bits per heavy atom. The van der Waals surface area contributed by atoms with Crippen LogP contribution in [0.2, 0.25) is 0 Å². The van der Waals surface area contributed by atoms with Crippen LogP contribution in [-0.2, 0) is 18.3 Å². The van der Waals surface area contributed by atoms with Crippen molar-refractivity contribution < 1.29 is 4.74 Å². The van der Waals surface area contributed by atoms with E-state index >= 15 is 0 Å². The van der Waals surface area contributed by atoms with Gasteiger partial charge < -0.3 is 14.6 Å². The minimum atomic E-state index is 0.483. The average molecular weight is 250 g/mol. The van der Waals surface area contributed by atoms with Gasteiger partial charge >= 0.3 is 0 Å². The second-order valence-electron chi connectivity index (χ2n) is 5.66. The molecule has 2 fully saturated rings. The first-order valence-corrected chi connectivity index (χ1v) is 6.94. The topological polar surface area (TPSA) is 52.0 Å². The van der Waals surface area contributed by atoms with Crippen LogP contribution < -0.4 is 5.32 Å². The monoisotopic (exact) mass is 250 g/mol. The van der Waals surface area contributed by atoms with Crippen molar-refractivity contribution >= 4 is 0 Å². The summed E-state index contributed by atoms with van der Waals surface area (Å²) in [4.78, 5) is 0. The van der Waals surface area contributed by atoms with Gasteiger partial charge in [0.25, 0.3) is 0 Å². The van der Waals surface area contributed by atoms with Crippen molar-refractivity contribution in [1.29, 1.82) is 0 Å². The van der Waals surface area contributed by atoms with Crippen LogP contribution in [0.25, 0.3) is 0 Å². The van der Waals surface area contributed by atoms with Gasteiger partial charge in [-0.05, 0) is 31.1 Å². The second kappa shape index (κ2) is 4.97. The molecule has 1 saturated carbocycles. The summed E-state index contributed by atoms with van der Waals surface area (Å²) < 4.78 is 7.50. The SMILES string of the molecule is Cn1cnnc1CNC1CCCC12CCOCC2. The van der Waals surface area contributed by atoms with Crippen LogP contribution >= 0.6 is 0 Å². The van der Waals surface area contributed by atoms with E-state index in [-0.39, 0.29) is 0 Å². The van der Waals surface area contributed by atoms with Crippen molar-refractivity contribution in [2.45, 2.75) is 44.7 Å². The lowest BCUT2D eigenvalue weighted by Gasteiger charge is -2.39. The number of ether oxygens (including phenoxy) is 1. The Bertz CT molecular complexity index is 397. The van der Waals surface area contributed by atoms with Crippen molar-refractivity contribution in [2.75, 3.05) is 13.2 Å². The molecule has 5 heteroatoms. The molecule has 1 N–H and O–H groups in total. The Morgan fingerprint density at radius 3 is 3.00 bits per heavy atom. The van der Waals surface area contributed by atoms with Gasteiger partial charge in [-0.3, -0.25) is 0 Å². The Labute approximate surface area is 108 Å². The van der Waals surface area contributed by atoms with Gasteiger partial charge in [-0.25, -0.2) is 0 Å². The predicted octanol–water partition coefficient (Wildman–Crippen LogP) is 1.25. The molecule has 5 nitrogen and oxygen atoms in total. The van der Waals surface area contributed by atoms with Gasteiger partial charge in [0.1, 0.15) is 12.2 Å². The van der Waals surface area contributed by atoms with Gasteiger partial charge in [0.05, 0.1) is 6.54 Å². The molecule has 2 heterocycles. The highest BCUT2D eigenvalue weighted by atomic mass is 16.5. The molecule has 1 saturated heterocycles. The van der Waals surface area contributed by atoms with Crippen LogP contribution in [0.5, 0.6) is 0 Å². The molecule has 18 heavy (non-hydrogen) atoms. The van der Waals surface area contributed by atoms with Crippen molar-refractivity contribution in [3.05, 3.63) is 12.2 Å². The van der Waals surface area contributed by atoms with Crippen LogP contribution in [0.15, 0.2) is 6.33 Å². The number of nitrogens with zero attached hydrogens (tertiary/aromatic N) is 3. The van der Waals surface area contributed by atoms with Crippen molar-refractivity contribution in [3.8, 4) is 0 Å². The zero-order valence-corrected chi connectivity index (χ0v) is 11.1. The highest BCUT2D eigenvalue weighted by Crippen LogP contribution is 2.45. The molecule has 1 aromatic heterocycles. The van der Waals surface area contributed by atoms with E-state index in [4.69, 9.17) is 4.74 Å². The smallest absolute Gasteiger partial charge is 0.146 e. The molecule has 1 aromatic rings. The Kier molecular flexibility index (Phi) is 3.35. The molecule has 0 bridgehead atoms. The molecular weight excluding hydrogens is 228 g/mol. The number of hydrogen-bond donors (Lipinski definition) is 1. The largest absolute Gasteiger partial charge is 0.381 e. The molecule has 0 amide bonds. The zero-order valence-electron chi connectivity index (χ0n) is 11.1. The van der Waals surface area contributed by atoms with Crippen LogP contribution in [0.3, 0.4) is 0 Å². The van der Waals surface area contributed by atoms with Gasteiger partial charge in [-0.15, -0.1) is 10.2 Å². The first kappa shape index (κ1) is 12.1. The van der Waals surface area contributed by atoms with Gasteiger partial charge in [-0.2, -0.15) is 0 Å². The number of aryl methyl sites for hydroxylation is 1. The van der Waals surface area contributed by atoms with Gasteiger partial charge in [0, 0.05) is 26.3 Å². The maximum absolute atomic E-state index is 5.52. The first-order chi connectivity index (χ1) is 8.80.